The van der Waals surface area contributed by atoms with Crippen molar-refractivity contribution in [1.29, 1.82) is 0 Å². The van der Waals surface area contributed by atoms with E-state index in [1.165, 1.54) is 25.7 Å². The zero-order valence-corrected chi connectivity index (χ0v) is 68.7. The molecule has 0 spiro atoms. The SMILES string of the molecule is CC/C=C\C/C=C\C/C=C\C/C=C\C/C=C\CCCCCC(=O)OCC(COP(=O)(O)OCC(O)COP(=O)(O)OCC(COC(=O)CCCCCCCC/C=C\C/C=C\C/C=C\C/C=C\CC)OC(=O)CCCCCCC/C=C\CCCCCC)OC(=O)CCC/C=C\C/C=C\C/C=C\C/C=C\C/C=C\CC. The fraction of sp³-hybridized carbons (Fsp3) is 0.618. The molecule has 0 saturated heterocycles. The van der Waals surface area contributed by atoms with E-state index in [-0.39, 0.29) is 25.7 Å². The summed E-state index contributed by atoms with van der Waals surface area (Å²) in [6.07, 6.45) is 95.9. The van der Waals surface area contributed by atoms with Gasteiger partial charge in [0.05, 0.1) is 26.4 Å². The topological polar surface area (TPSA) is 237 Å². The molecule has 0 heterocycles. The third-order valence-electron chi connectivity index (χ3n) is 16.3. The Morgan fingerprint density at radius 1 is 0.269 bits per heavy atom. The van der Waals surface area contributed by atoms with Gasteiger partial charge in [-0.3, -0.25) is 37.3 Å². The molecular weight excluding hydrogens is 1400 g/mol. The van der Waals surface area contributed by atoms with Gasteiger partial charge in [0.15, 0.2) is 12.2 Å². The average molecular weight is 1550 g/mol. The molecule has 0 saturated carbocycles. The van der Waals surface area contributed by atoms with Crippen LogP contribution in [0.4, 0.5) is 0 Å². The summed E-state index contributed by atoms with van der Waals surface area (Å²) in [4.78, 5) is 73.1. The number of allylic oxidation sites excluding steroid dienone is 30. The second-order valence-corrected chi connectivity index (χ2v) is 29.5. The highest BCUT2D eigenvalue weighted by Gasteiger charge is 2.30. The van der Waals surface area contributed by atoms with Gasteiger partial charge in [-0.15, -0.1) is 0 Å². The Labute approximate surface area is 654 Å². The maximum atomic E-state index is 13.1. The molecule has 0 aliphatic heterocycles. The van der Waals surface area contributed by atoms with Gasteiger partial charge in [-0.1, -0.05) is 281 Å². The summed E-state index contributed by atoms with van der Waals surface area (Å²) in [5.74, 6) is -2.32. The molecule has 0 aliphatic carbocycles. The number of ether oxygens (including phenoxy) is 4. The lowest BCUT2D eigenvalue weighted by molar-refractivity contribution is -0.161. The van der Waals surface area contributed by atoms with Gasteiger partial charge < -0.3 is 33.8 Å². The Bertz CT molecular complexity index is 2760. The third kappa shape index (κ3) is 78.3. The van der Waals surface area contributed by atoms with Gasteiger partial charge in [-0.05, 0) is 173 Å². The number of hydrogen-bond donors (Lipinski definition) is 3. The lowest BCUT2D eigenvalue weighted by Gasteiger charge is -2.21. The average Bonchev–Trinajstić information content (AvgIpc) is 0.886. The zero-order chi connectivity index (χ0) is 78.9. The van der Waals surface area contributed by atoms with Gasteiger partial charge in [0, 0.05) is 25.7 Å². The van der Waals surface area contributed by atoms with E-state index >= 15 is 0 Å². The first kappa shape index (κ1) is 102. The molecule has 0 aromatic rings. The Morgan fingerprint density at radius 2 is 0.491 bits per heavy atom. The summed E-state index contributed by atoms with van der Waals surface area (Å²) in [7, 11) is -10.0. The predicted molar refractivity (Wildman–Crippen MR) is 445 cm³/mol. The maximum Gasteiger partial charge on any atom is 0.472 e. The first-order valence-electron chi connectivity index (χ1n) is 41.0. The lowest BCUT2D eigenvalue weighted by atomic mass is 10.1. The Balaban J connectivity index is 5.47. The number of rotatable bonds is 75. The maximum absolute atomic E-state index is 13.1. The van der Waals surface area contributed by atoms with Crippen LogP contribution in [0, 0.1) is 0 Å². The van der Waals surface area contributed by atoms with E-state index < -0.39 is 97.5 Å². The van der Waals surface area contributed by atoms with Gasteiger partial charge in [-0.25, -0.2) is 9.13 Å². The number of phosphoric ester groups is 2. The smallest absolute Gasteiger partial charge is 0.462 e. The third-order valence-corrected chi connectivity index (χ3v) is 18.2. The fourth-order valence-electron chi connectivity index (χ4n) is 10.2. The molecule has 0 amide bonds. The Kier molecular flexibility index (Phi) is 75.0. The summed E-state index contributed by atoms with van der Waals surface area (Å²) >= 11 is 0. The number of carbonyl (C=O) groups excluding carboxylic acids is 4. The van der Waals surface area contributed by atoms with Crippen molar-refractivity contribution >= 4 is 39.5 Å². The van der Waals surface area contributed by atoms with Crippen molar-refractivity contribution in [2.75, 3.05) is 39.6 Å². The van der Waals surface area contributed by atoms with Gasteiger partial charge >= 0.3 is 39.5 Å². The van der Waals surface area contributed by atoms with Crippen molar-refractivity contribution in [3.63, 3.8) is 0 Å². The highest BCUT2D eigenvalue weighted by Crippen LogP contribution is 2.45. The first-order chi connectivity index (χ1) is 52.7. The standard InChI is InChI=1S/C89H144O17P2/c1-5-9-13-17-21-25-29-33-36-39-41-44-46-50-53-57-61-65-69-73-86(91)99-79-84(105-88(93)75-71-67-63-59-55-49-32-28-24-20-16-12-8-4)81-103-107(95,96)101-77-83(90)78-102-108(97,98)104-82-85(106-89(94)76-72-68-64-60-56-52-48-43-38-35-31-27-23-19-15-11-7-3)80-100-87(92)74-70-66-62-58-54-51-47-45-42-40-37-34-30-26-22-18-14-10-6-2/h9-11,13-15,21-23,25-28,32-38,41-42,44-45,48,51-52,54,60,64,83-85,90H,5-8,12,16-20,24,29-31,39-40,43,46-47,49-50,53,55-59,61-63,65-82H2,1-4H3,(H,95,96)(H,97,98)/b13-9-,14-10-,15-11-,25-21-,26-22-,27-23-,32-28-,36-33-,37-34-,38-35-,44-41-,45-42-,52-48-,54-51-,64-60-. The molecule has 0 aromatic heterocycles. The predicted octanol–water partition coefficient (Wildman–Crippen LogP) is 24.3. The minimum absolute atomic E-state index is 0.00176. The first-order valence-corrected chi connectivity index (χ1v) is 44.0. The Hall–Kier alpha value is -5.84. The lowest BCUT2D eigenvalue weighted by Crippen LogP contribution is -2.30. The minimum Gasteiger partial charge on any atom is -0.462 e. The second-order valence-electron chi connectivity index (χ2n) is 26.6. The second kappa shape index (κ2) is 79.3. The van der Waals surface area contributed by atoms with Gasteiger partial charge in [-0.2, -0.15) is 0 Å². The molecular formula is C89H144O17P2. The number of esters is 4. The monoisotopic (exact) mass is 1550 g/mol. The van der Waals surface area contributed by atoms with E-state index in [1.54, 1.807) is 0 Å². The Morgan fingerprint density at radius 3 is 0.796 bits per heavy atom. The molecule has 17 nitrogen and oxygen atoms in total. The van der Waals surface area contributed by atoms with Crippen LogP contribution in [-0.2, 0) is 65.4 Å². The van der Waals surface area contributed by atoms with Gasteiger partial charge in [0.1, 0.15) is 19.3 Å². The van der Waals surface area contributed by atoms with Crippen molar-refractivity contribution < 1.29 is 80.2 Å². The number of phosphoric acid groups is 2. The highest BCUT2D eigenvalue weighted by molar-refractivity contribution is 7.47. The van der Waals surface area contributed by atoms with Crippen molar-refractivity contribution in [3.05, 3.63) is 182 Å². The molecule has 0 aromatic carbocycles. The molecule has 108 heavy (non-hydrogen) atoms. The quantitative estimate of drug-likeness (QED) is 0.0169. The van der Waals surface area contributed by atoms with Crippen molar-refractivity contribution in [3.8, 4) is 0 Å². The number of hydrogen-bond acceptors (Lipinski definition) is 15. The van der Waals surface area contributed by atoms with Gasteiger partial charge in [0.25, 0.3) is 0 Å². The van der Waals surface area contributed by atoms with Gasteiger partial charge in [0.2, 0.25) is 0 Å². The van der Waals surface area contributed by atoms with Crippen LogP contribution in [0.2, 0.25) is 0 Å². The van der Waals surface area contributed by atoms with Crippen molar-refractivity contribution in [2.24, 2.45) is 0 Å². The largest absolute Gasteiger partial charge is 0.472 e. The number of aliphatic hydroxyl groups is 1. The highest BCUT2D eigenvalue weighted by atomic mass is 31.2. The number of unbranched alkanes of at least 4 members (excludes halogenated alkanes) is 19. The molecule has 5 atom stereocenters. The van der Waals surface area contributed by atoms with Crippen LogP contribution in [0.5, 0.6) is 0 Å². The molecule has 3 N–H and O–H groups in total. The summed E-state index contributed by atoms with van der Waals surface area (Å²) < 4.78 is 68.6. The summed E-state index contributed by atoms with van der Waals surface area (Å²) in [6.45, 7) is 4.38. The molecule has 0 bridgehead atoms. The summed E-state index contributed by atoms with van der Waals surface area (Å²) in [5, 5.41) is 10.7. The van der Waals surface area contributed by atoms with E-state index in [0.717, 1.165) is 186 Å². The van der Waals surface area contributed by atoms with Crippen LogP contribution in [0.25, 0.3) is 0 Å². The van der Waals surface area contributed by atoms with E-state index in [1.807, 2.05) is 12.2 Å². The molecule has 0 rings (SSSR count). The fourth-order valence-corrected chi connectivity index (χ4v) is 11.8. The number of carbonyl (C=O) groups is 4. The van der Waals surface area contributed by atoms with E-state index in [9.17, 15) is 43.2 Å². The van der Waals surface area contributed by atoms with Crippen LogP contribution in [-0.4, -0.2) is 96.7 Å². The van der Waals surface area contributed by atoms with Crippen LogP contribution < -0.4 is 0 Å². The van der Waals surface area contributed by atoms with Crippen LogP contribution in [0.3, 0.4) is 0 Å². The van der Waals surface area contributed by atoms with E-state index in [2.05, 4.69) is 198 Å². The molecule has 612 valence electrons. The van der Waals surface area contributed by atoms with Crippen LogP contribution in [0.1, 0.15) is 297 Å². The van der Waals surface area contributed by atoms with E-state index in [4.69, 9.17) is 37.0 Å². The number of aliphatic hydroxyl groups excluding tert-OH is 1. The van der Waals surface area contributed by atoms with Crippen molar-refractivity contribution in [2.45, 2.75) is 316 Å². The minimum atomic E-state index is -5.01. The molecule has 5 unspecified atom stereocenters. The summed E-state index contributed by atoms with van der Waals surface area (Å²) in [6, 6.07) is 0. The van der Waals surface area contributed by atoms with E-state index in [0.29, 0.717) is 32.1 Å². The molecule has 0 fully saturated rings. The molecule has 0 radical (unpaired) electrons. The zero-order valence-electron chi connectivity index (χ0n) is 66.9. The van der Waals surface area contributed by atoms with Crippen molar-refractivity contribution in [1.82, 2.24) is 0 Å². The van der Waals surface area contributed by atoms with Crippen LogP contribution in [0.15, 0.2) is 182 Å². The normalized spacial score (nSPS) is 14.8. The van der Waals surface area contributed by atoms with Crippen LogP contribution >= 0.6 is 15.6 Å². The molecule has 19 heteroatoms. The summed E-state index contributed by atoms with van der Waals surface area (Å²) in [5.41, 5.74) is 0. The molecule has 0 aliphatic rings.